The molecule has 0 aromatic carbocycles. The van der Waals surface area contributed by atoms with Crippen molar-refractivity contribution in [1.29, 1.82) is 0 Å². The standard InChI is InChI=1S/C20H38O2/c1-3-5-17-6-10-19(11-7-17)20-12-8-18(9-13-20)16-22-15-14-21-4-2/h17-20H,3-16H2,1-2H3. The van der Waals surface area contributed by atoms with Crippen molar-refractivity contribution >= 4 is 0 Å². The summed E-state index contributed by atoms with van der Waals surface area (Å²) in [6.07, 6.45) is 14.6. The van der Waals surface area contributed by atoms with Crippen molar-refractivity contribution in [2.45, 2.75) is 78.1 Å². The lowest BCUT2D eigenvalue weighted by Gasteiger charge is -2.37. The molecule has 2 rings (SSSR count). The molecule has 0 heterocycles. The van der Waals surface area contributed by atoms with Crippen LogP contribution >= 0.6 is 0 Å². The fourth-order valence-corrected chi connectivity index (χ4v) is 4.70. The number of rotatable bonds is 9. The summed E-state index contributed by atoms with van der Waals surface area (Å²) in [5.41, 5.74) is 0. The van der Waals surface area contributed by atoms with Crippen LogP contribution < -0.4 is 0 Å². The van der Waals surface area contributed by atoms with Gasteiger partial charge < -0.3 is 9.47 Å². The average molecular weight is 311 g/mol. The molecule has 0 bridgehead atoms. The quantitative estimate of drug-likeness (QED) is 0.527. The third kappa shape index (κ3) is 6.20. The van der Waals surface area contributed by atoms with Gasteiger partial charge in [-0.3, -0.25) is 0 Å². The molecule has 0 N–H and O–H groups in total. The Morgan fingerprint density at radius 3 is 1.77 bits per heavy atom. The first-order chi connectivity index (χ1) is 10.8. The molecule has 0 radical (unpaired) electrons. The summed E-state index contributed by atoms with van der Waals surface area (Å²) in [4.78, 5) is 0. The lowest BCUT2D eigenvalue weighted by atomic mass is 9.69. The molecule has 0 aromatic heterocycles. The molecule has 0 aromatic rings. The van der Waals surface area contributed by atoms with Crippen molar-refractivity contribution < 1.29 is 9.47 Å². The van der Waals surface area contributed by atoms with E-state index in [0.717, 1.165) is 50.1 Å². The molecule has 0 unspecified atom stereocenters. The largest absolute Gasteiger partial charge is 0.379 e. The minimum absolute atomic E-state index is 0.757. The van der Waals surface area contributed by atoms with Gasteiger partial charge in [0.05, 0.1) is 13.2 Å². The Balaban J connectivity index is 1.55. The first-order valence-electron chi connectivity index (χ1n) is 9.98. The summed E-state index contributed by atoms with van der Waals surface area (Å²) in [6, 6.07) is 0. The zero-order valence-corrected chi connectivity index (χ0v) is 15.0. The van der Waals surface area contributed by atoms with Crippen LogP contribution in [0.4, 0.5) is 0 Å². The van der Waals surface area contributed by atoms with Gasteiger partial charge in [0.25, 0.3) is 0 Å². The minimum atomic E-state index is 0.757. The van der Waals surface area contributed by atoms with E-state index in [-0.39, 0.29) is 0 Å². The van der Waals surface area contributed by atoms with Crippen LogP contribution in [-0.4, -0.2) is 26.4 Å². The van der Waals surface area contributed by atoms with Crippen molar-refractivity contribution in [2.75, 3.05) is 26.4 Å². The molecule has 2 aliphatic carbocycles. The van der Waals surface area contributed by atoms with Gasteiger partial charge >= 0.3 is 0 Å². The Morgan fingerprint density at radius 2 is 1.23 bits per heavy atom. The van der Waals surface area contributed by atoms with Gasteiger partial charge in [0.15, 0.2) is 0 Å². The lowest BCUT2D eigenvalue weighted by molar-refractivity contribution is 0.0242. The molecule has 22 heavy (non-hydrogen) atoms. The highest BCUT2D eigenvalue weighted by molar-refractivity contribution is 4.82. The molecule has 2 fully saturated rings. The predicted molar refractivity (Wildman–Crippen MR) is 93.1 cm³/mol. The van der Waals surface area contributed by atoms with Crippen LogP contribution in [-0.2, 0) is 9.47 Å². The normalized spacial score (nSPS) is 33.0. The zero-order valence-electron chi connectivity index (χ0n) is 15.0. The van der Waals surface area contributed by atoms with E-state index in [1.54, 1.807) is 0 Å². The van der Waals surface area contributed by atoms with Crippen LogP contribution in [0.1, 0.15) is 78.1 Å². The van der Waals surface area contributed by atoms with Crippen LogP contribution in [0.2, 0.25) is 0 Å². The van der Waals surface area contributed by atoms with Crippen LogP contribution in [0.5, 0.6) is 0 Å². The molecule has 0 atom stereocenters. The number of hydrogen-bond donors (Lipinski definition) is 0. The lowest BCUT2D eigenvalue weighted by Crippen LogP contribution is -2.27. The number of hydrogen-bond acceptors (Lipinski definition) is 2. The topological polar surface area (TPSA) is 18.5 Å². The second-order valence-corrected chi connectivity index (χ2v) is 7.62. The summed E-state index contributed by atoms with van der Waals surface area (Å²) in [6.45, 7) is 7.67. The van der Waals surface area contributed by atoms with Crippen LogP contribution in [0.3, 0.4) is 0 Å². The van der Waals surface area contributed by atoms with E-state index >= 15 is 0 Å². The highest BCUT2D eigenvalue weighted by atomic mass is 16.5. The molecule has 0 spiro atoms. The molecule has 2 heteroatoms. The summed E-state index contributed by atoms with van der Waals surface area (Å²) >= 11 is 0. The summed E-state index contributed by atoms with van der Waals surface area (Å²) in [5, 5.41) is 0. The first kappa shape index (κ1) is 18.3. The van der Waals surface area contributed by atoms with Crippen molar-refractivity contribution in [3.8, 4) is 0 Å². The van der Waals surface area contributed by atoms with Crippen molar-refractivity contribution in [1.82, 2.24) is 0 Å². The second kappa shape index (κ2) is 10.6. The monoisotopic (exact) mass is 310 g/mol. The molecule has 130 valence electrons. The Hall–Kier alpha value is -0.0800. The van der Waals surface area contributed by atoms with Crippen LogP contribution in [0, 0.1) is 23.7 Å². The van der Waals surface area contributed by atoms with Gasteiger partial charge in [0.1, 0.15) is 0 Å². The molecular formula is C20H38O2. The van der Waals surface area contributed by atoms with Crippen LogP contribution in [0.25, 0.3) is 0 Å². The van der Waals surface area contributed by atoms with Crippen molar-refractivity contribution in [3.05, 3.63) is 0 Å². The third-order valence-corrected chi connectivity index (χ3v) is 6.08. The maximum Gasteiger partial charge on any atom is 0.0700 e. The summed E-state index contributed by atoms with van der Waals surface area (Å²) in [5.74, 6) is 3.95. The van der Waals surface area contributed by atoms with E-state index < -0.39 is 0 Å². The maximum atomic E-state index is 5.77. The van der Waals surface area contributed by atoms with Crippen molar-refractivity contribution in [2.24, 2.45) is 23.7 Å². The molecule has 0 aliphatic heterocycles. The Labute approximate surface area is 138 Å². The highest BCUT2D eigenvalue weighted by Gasteiger charge is 2.30. The fraction of sp³-hybridized carbons (Fsp3) is 1.00. The van der Waals surface area contributed by atoms with Gasteiger partial charge in [-0.25, -0.2) is 0 Å². The van der Waals surface area contributed by atoms with Gasteiger partial charge in [-0.05, 0) is 69.1 Å². The third-order valence-electron chi connectivity index (χ3n) is 6.08. The van der Waals surface area contributed by atoms with Crippen LogP contribution in [0.15, 0.2) is 0 Å². The minimum Gasteiger partial charge on any atom is -0.379 e. The van der Waals surface area contributed by atoms with E-state index in [4.69, 9.17) is 9.47 Å². The summed E-state index contributed by atoms with van der Waals surface area (Å²) in [7, 11) is 0. The van der Waals surface area contributed by atoms with E-state index in [2.05, 4.69) is 6.92 Å². The maximum absolute atomic E-state index is 5.77. The molecule has 2 saturated carbocycles. The number of ether oxygens (including phenoxy) is 2. The van der Waals surface area contributed by atoms with E-state index in [9.17, 15) is 0 Å². The first-order valence-corrected chi connectivity index (χ1v) is 9.98. The Kier molecular flexibility index (Phi) is 8.84. The smallest absolute Gasteiger partial charge is 0.0700 e. The fourth-order valence-electron chi connectivity index (χ4n) is 4.70. The van der Waals surface area contributed by atoms with Crippen molar-refractivity contribution in [3.63, 3.8) is 0 Å². The van der Waals surface area contributed by atoms with Gasteiger partial charge in [-0.2, -0.15) is 0 Å². The SMILES string of the molecule is CCCC1CCC(C2CCC(COCCOCC)CC2)CC1. The molecule has 2 nitrogen and oxygen atoms in total. The van der Waals surface area contributed by atoms with Gasteiger partial charge in [0, 0.05) is 13.2 Å². The van der Waals surface area contributed by atoms with E-state index in [1.807, 2.05) is 6.92 Å². The van der Waals surface area contributed by atoms with E-state index in [0.29, 0.717) is 0 Å². The molecular weight excluding hydrogens is 272 g/mol. The molecule has 0 saturated heterocycles. The zero-order chi connectivity index (χ0) is 15.6. The van der Waals surface area contributed by atoms with Gasteiger partial charge in [-0.1, -0.05) is 32.6 Å². The second-order valence-electron chi connectivity index (χ2n) is 7.62. The average Bonchev–Trinajstić information content (AvgIpc) is 2.56. The van der Waals surface area contributed by atoms with Gasteiger partial charge in [-0.15, -0.1) is 0 Å². The molecule has 2 aliphatic rings. The highest BCUT2D eigenvalue weighted by Crippen LogP contribution is 2.42. The molecule has 0 amide bonds. The Morgan fingerprint density at radius 1 is 0.682 bits per heavy atom. The van der Waals surface area contributed by atoms with Gasteiger partial charge in [0.2, 0.25) is 0 Å². The van der Waals surface area contributed by atoms with E-state index in [1.165, 1.54) is 64.2 Å². The Bertz CT molecular complexity index is 263. The summed E-state index contributed by atoms with van der Waals surface area (Å²) < 4.78 is 11.1. The predicted octanol–water partition coefficient (Wildman–Crippen LogP) is 5.45.